The van der Waals surface area contributed by atoms with Crippen molar-refractivity contribution >= 4 is 63.0 Å². The number of fused-ring (bicyclic) bond motifs is 6. The summed E-state index contributed by atoms with van der Waals surface area (Å²) in [5, 5.41) is 5.42. The highest BCUT2D eigenvalue weighted by Gasteiger charge is 2.10. The van der Waals surface area contributed by atoms with E-state index in [4.69, 9.17) is 0 Å². The fraction of sp³-hybridized carbons (Fsp3) is 0.0526. The van der Waals surface area contributed by atoms with E-state index in [2.05, 4.69) is 135 Å². The molecule has 8 rings (SSSR count). The Morgan fingerprint density at radius 3 is 1.15 bits per heavy atom. The molecule has 0 atom stereocenters. The number of hydrogen-bond acceptors (Lipinski definition) is 2. The summed E-state index contributed by atoms with van der Waals surface area (Å²) in [6.45, 7) is 4.34. The Morgan fingerprint density at radius 1 is 0.325 bits per heavy atom. The van der Waals surface area contributed by atoms with Crippen molar-refractivity contribution in [2.24, 2.45) is 0 Å². The summed E-state index contributed by atoms with van der Waals surface area (Å²) < 4.78 is 5.40. The summed E-state index contributed by atoms with van der Waals surface area (Å²) in [6, 6.07) is 45.3. The Balaban J connectivity index is 1.17. The van der Waals surface area contributed by atoms with Gasteiger partial charge in [-0.1, -0.05) is 83.9 Å². The van der Waals surface area contributed by atoms with Gasteiger partial charge in [-0.2, -0.15) is 0 Å². The van der Waals surface area contributed by atoms with Gasteiger partial charge in [-0.15, -0.1) is 22.7 Å². The lowest BCUT2D eigenvalue weighted by Gasteiger charge is -2.09. The van der Waals surface area contributed by atoms with Crippen LogP contribution in [0.15, 0.2) is 121 Å². The molecule has 6 aromatic carbocycles. The summed E-state index contributed by atoms with van der Waals surface area (Å²) >= 11 is 3.77. The van der Waals surface area contributed by atoms with E-state index in [-0.39, 0.29) is 0 Å². The molecule has 0 saturated carbocycles. The fourth-order valence-corrected chi connectivity index (χ4v) is 8.15. The zero-order valence-electron chi connectivity index (χ0n) is 22.4. The minimum absolute atomic E-state index is 1.24. The highest BCUT2D eigenvalue weighted by molar-refractivity contribution is 7.26. The Kier molecular flexibility index (Phi) is 5.41. The molecule has 2 heterocycles. The molecule has 0 amide bonds. The molecule has 0 radical (unpaired) electrons. The van der Waals surface area contributed by atoms with Gasteiger partial charge in [-0.05, 0) is 95.8 Å². The minimum Gasteiger partial charge on any atom is -0.135 e. The molecule has 0 spiro atoms. The zero-order chi connectivity index (χ0) is 26.8. The second kappa shape index (κ2) is 9.16. The predicted octanol–water partition coefficient (Wildman–Crippen LogP) is 12.0. The van der Waals surface area contributed by atoms with E-state index >= 15 is 0 Å². The first-order valence-electron chi connectivity index (χ1n) is 13.7. The van der Waals surface area contributed by atoms with Crippen LogP contribution in [0, 0.1) is 13.8 Å². The third-order valence-corrected chi connectivity index (χ3v) is 10.2. The van der Waals surface area contributed by atoms with Crippen LogP contribution >= 0.6 is 22.7 Å². The number of hydrogen-bond donors (Lipinski definition) is 0. The van der Waals surface area contributed by atoms with E-state index in [0.717, 1.165) is 0 Å². The molecule has 0 aliphatic carbocycles. The molecule has 2 aromatic heterocycles. The number of aryl methyl sites for hydroxylation is 2. The van der Waals surface area contributed by atoms with Gasteiger partial charge >= 0.3 is 0 Å². The standard InChI is InChI=1S/C38H26S2/c1-23-9-15-35-33(17-23)31-13-11-29(21-37(31)39-35)27-7-3-5-25(19-27)26-6-4-8-28(20-26)30-12-14-32-34-18-24(2)10-16-36(34)40-38(32)22-30/h3-22H,1-2H3. The van der Waals surface area contributed by atoms with E-state index in [1.54, 1.807) is 0 Å². The second-order valence-corrected chi connectivity index (χ2v) is 13.0. The highest BCUT2D eigenvalue weighted by atomic mass is 32.1. The Labute approximate surface area is 241 Å². The van der Waals surface area contributed by atoms with Gasteiger partial charge in [0.15, 0.2) is 0 Å². The first-order chi connectivity index (χ1) is 19.6. The average Bonchev–Trinajstić information content (AvgIpc) is 3.54. The van der Waals surface area contributed by atoms with Crippen LogP contribution in [0.4, 0.5) is 0 Å². The van der Waals surface area contributed by atoms with Crippen molar-refractivity contribution in [2.75, 3.05) is 0 Å². The molecule has 190 valence electrons. The molecule has 40 heavy (non-hydrogen) atoms. The van der Waals surface area contributed by atoms with Crippen molar-refractivity contribution < 1.29 is 0 Å². The predicted molar refractivity (Wildman–Crippen MR) is 178 cm³/mol. The molecule has 0 fully saturated rings. The fourth-order valence-electron chi connectivity index (χ4n) is 5.90. The summed E-state index contributed by atoms with van der Waals surface area (Å²) in [4.78, 5) is 0. The van der Waals surface area contributed by atoms with Gasteiger partial charge in [-0.3, -0.25) is 0 Å². The first kappa shape index (κ1) is 23.6. The minimum atomic E-state index is 1.24. The zero-order valence-corrected chi connectivity index (χ0v) is 24.0. The molecule has 2 heteroatoms. The van der Waals surface area contributed by atoms with Crippen molar-refractivity contribution in [3.63, 3.8) is 0 Å². The third kappa shape index (κ3) is 3.95. The normalized spacial score (nSPS) is 11.8. The molecule has 0 unspecified atom stereocenters. The lowest BCUT2D eigenvalue weighted by atomic mass is 9.95. The number of rotatable bonds is 3. The SMILES string of the molecule is Cc1ccc2sc3cc(-c4cccc(-c5cccc(-c6ccc7c(c6)sc6ccc(C)cc67)c5)c4)ccc3c2c1. The maximum atomic E-state index is 2.35. The van der Waals surface area contributed by atoms with Gasteiger partial charge in [0.05, 0.1) is 0 Å². The Morgan fingerprint density at radius 2 is 0.725 bits per heavy atom. The van der Waals surface area contributed by atoms with Crippen LogP contribution < -0.4 is 0 Å². The monoisotopic (exact) mass is 546 g/mol. The molecular weight excluding hydrogens is 521 g/mol. The van der Waals surface area contributed by atoms with Crippen LogP contribution in [-0.2, 0) is 0 Å². The van der Waals surface area contributed by atoms with Crippen LogP contribution in [0.25, 0.3) is 73.7 Å². The molecule has 0 aliphatic rings. The van der Waals surface area contributed by atoms with Crippen molar-refractivity contribution in [3.8, 4) is 33.4 Å². The van der Waals surface area contributed by atoms with Crippen molar-refractivity contribution in [3.05, 3.63) is 132 Å². The number of thiophene rings is 2. The lowest BCUT2D eigenvalue weighted by molar-refractivity contribution is 1.52. The van der Waals surface area contributed by atoms with E-state index < -0.39 is 0 Å². The Hall–Kier alpha value is -4.24. The lowest BCUT2D eigenvalue weighted by Crippen LogP contribution is -1.83. The van der Waals surface area contributed by atoms with E-state index in [1.807, 2.05) is 22.7 Å². The maximum Gasteiger partial charge on any atom is 0.0361 e. The van der Waals surface area contributed by atoms with Crippen LogP contribution in [0.1, 0.15) is 11.1 Å². The van der Waals surface area contributed by atoms with E-state index in [0.29, 0.717) is 0 Å². The third-order valence-electron chi connectivity index (χ3n) is 7.98. The average molecular weight is 547 g/mol. The molecule has 8 aromatic rings. The second-order valence-electron chi connectivity index (χ2n) is 10.8. The maximum absolute atomic E-state index is 2.35. The van der Waals surface area contributed by atoms with Gasteiger partial charge < -0.3 is 0 Å². The number of benzene rings is 6. The van der Waals surface area contributed by atoms with E-state index in [9.17, 15) is 0 Å². The topological polar surface area (TPSA) is 0 Å². The first-order valence-corrected chi connectivity index (χ1v) is 15.3. The molecule has 0 bridgehead atoms. The summed E-state index contributed by atoms with van der Waals surface area (Å²) in [5.41, 5.74) is 10.1. The molecule has 0 nitrogen and oxygen atoms in total. The molecule has 0 N–H and O–H groups in total. The molecular formula is C38H26S2. The highest BCUT2D eigenvalue weighted by Crippen LogP contribution is 2.39. The van der Waals surface area contributed by atoms with Crippen molar-refractivity contribution in [2.45, 2.75) is 13.8 Å². The van der Waals surface area contributed by atoms with Gasteiger partial charge in [-0.25, -0.2) is 0 Å². The van der Waals surface area contributed by atoms with Crippen LogP contribution in [0.2, 0.25) is 0 Å². The largest absolute Gasteiger partial charge is 0.135 e. The quantitative estimate of drug-likeness (QED) is 0.207. The summed E-state index contributed by atoms with van der Waals surface area (Å²) in [7, 11) is 0. The van der Waals surface area contributed by atoms with Gasteiger partial charge in [0.2, 0.25) is 0 Å². The van der Waals surface area contributed by atoms with Crippen molar-refractivity contribution in [1.82, 2.24) is 0 Å². The van der Waals surface area contributed by atoms with Crippen LogP contribution in [-0.4, -0.2) is 0 Å². The summed E-state index contributed by atoms with van der Waals surface area (Å²) in [6.07, 6.45) is 0. The van der Waals surface area contributed by atoms with Crippen molar-refractivity contribution in [1.29, 1.82) is 0 Å². The molecule has 0 aliphatic heterocycles. The van der Waals surface area contributed by atoms with Gasteiger partial charge in [0.1, 0.15) is 0 Å². The smallest absolute Gasteiger partial charge is 0.0361 e. The summed E-state index contributed by atoms with van der Waals surface area (Å²) in [5.74, 6) is 0. The van der Waals surface area contributed by atoms with E-state index in [1.165, 1.54) is 84.9 Å². The van der Waals surface area contributed by atoms with Crippen LogP contribution in [0.3, 0.4) is 0 Å². The van der Waals surface area contributed by atoms with Gasteiger partial charge in [0.25, 0.3) is 0 Å². The Bertz CT molecular complexity index is 2080. The van der Waals surface area contributed by atoms with Crippen LogP contribution in [0.5, 0.6) is 0 Å². The molecule has 0 saturated heterocycles. The van der Waals surface area contributed by atoms with Gasteiger partial charge in [0, 0.05) is 40.3 Å².